The highest BCUT2D eigenvalue weighted by atomic mass is 32.2. The zero-order chi connectivity index (χ0) is 13.1. The van der Waals surface area contributed by atoms with E-state index in [4.69, 9.17) is 0 Å². The fourth-order valence-electron chi connectivity index (χ4n) is 2.22. The molecule has 1 saturated heterocycles. The van der Waals surface area contributed by atoms with Crippen molar-refractivity contribution < 1.29 is 8.42 Å². The van der Waals surface area contributed by atoms with E-state index in [-0.39, 0.29) is 5.25 Å². The maximum Gasteiger partial charge on any atom is 0.218 e. The summed E-state index contributed by atoms with van der Waals surface area (Å²) in [5, 5.41) is 2.58. The molecule has 0 saturated carbocycles. The molecule has 5 nitrogen and oxygen atoms in total. The summed E-state index contributed by atoms with van der Waals surface area (Å²) >= 11 is 0. The minimum Gasteiger partial charge on any atom is -0.318 e. The molecule has 1 N–H and O–H groups in total. The van der Waals surface area contributed by atoms with Crippen LogP contribution >= 0.6 is 0 Å². The van der Waals surface area contributed by atoms with Gasteiger partial charge in [-0.15, -0.1) is 0 Å². The molecule has 1 aliphatic heterocycles. The average Bonchev–Trinajstić information content (AvgIpc) is 2.29. The molecule has 1 rings (SSSR count). The number of hydrogen-bond acceptors (Lipinski definition) is 4. The van der Waals surface area contributed by atoms with E-state index in [0.717, 1.165) is 12.8 Å². The molecule has 17 heavy (non-hydrogen) atoms. The van der Waals surface area contributed by atoms with Crippen molar-refractivity contribution in [2.24, 2.45) is 0 Å². The maximum absolute atomic E-state index is 12.3. The van der Waals surface area contributed by atoms with Gasteiger partial charge in [-0.1, -0.05) is 0 Å². The van der Waals surface area contributed by atoms with E-state index in [2.05, 4.69) is 10.2 Å². The Morgan fingerprint density at radius 2 is 2.12 bits per heavy atom. The lowest BCUT2D eigenvalue weighted by atomic mass is 10.1. The summed E-state index contributed by atoms with van der Waals surface area (Å²) in [6.07, 6.45) is 2.04. The predicted molar refractivity (Wildman–Crippen MR) is 70.6 cm³/mol. The van der Waals surface area contributed by atoms with E-state index in [9.17, 15) is 8.42 Å². The molecule has 1 aliphatic rings. The van der Waals surface area contributed by atoms with Crippen molar-refractivity contribution in [3.05, 3.63) is 0 Å². The molecule has 0 radical (unpaired) electrons. The van der Waals surface area contributed by atoms with Crippen LogP contribution in [0.25, 0.3) is 0 Å². The Bertz CT molecular complexity index is 330. The standard InChI is InChI=1S/C11H25N3O2S/c1-10(8-12-2)17(15,16)14-7-5-6-11(9-14)13(3)4/h10-12H,5-9H2,1-4H3. The van der Waals surface area contributed by atoms with Crippen molar-refractivity contribution >= 4 is 10.0 Å². The van der Waals surface area contributed by atoms with Crippen LogP contribution in [-0.2, 0) is 10.0 Å². The zero-order valence-corrected chi connectivity index (χ0v) is 12.1. The van der Waals surface area contributed by atoms with Gasteiger partial charge in [-0.3, -0.25) is 0 Å². The molecule has 0 aliphatic carbocycles. The van der Waals surface area contributed by atoms with Gasteiger partial charge >= 0.3 is 0 Å². The number of rotatable bonds is 5. The molecule has 0 spiro atoms. The molecule has 2 atom stereocenters. The van der Waals surface area contributed by atoms with Crippen LogP contribution in [0.5, 0.6) is 0 Å². The summed E-state index contributed by atoms with van der Waals surface area (Å²) in [6, 6.07) is 0.348. The molecular weight excluding hydrogens is 238 g/mol. The minimum absolute atomic E-state index is 0.348. The van der Waals surface area contributed by atoms with E-state index in [1.54, 1.807) is 18.3 Å². The topological polar surface area (TPSA) is 52.7 Å². The monoisotopic (exact) mass is 263 g/mol. The Morgan fingerprint density at radius 3 is 2.65 bits per heavy atom. The summed E-state index contributed by atoms with van der Waals surface area (Å²) in [4.78, 5) is 2.12. The van der Waals surface area contributed by atoms with E-state index in [1.165, 1.54) is 0 Å². The van der Waals surface area contributed by atoms with Gasteiger partial charge in [0.25, 0.3) is 0 Å². The highest BCUT2D eigenvalue weighted by Gasteiger charge is 2.33. The zero-order valence-electron chi connectivity index (χ0n) is 11.3. The third-order valence-electron chi connectivity index (χ3n) is 3.45. The molecule has 0 amide bonds. The quantitative estimate of drug-likeness (QED) is 0.756. The molecule has 6 heteroatoms. The van der Waals surface area contributed by atoms with E-state index in [0.29, 0.717) is 25.7 Å². The van der Waals surface area contributed by atoms with Gasteiger partial charge in [0.05, 0.1) is 5.25 Å². The summed E-state index contributed by atoms with van der Waals surface area (Å²) in [5.41, 5.74) is 0. The van der Waals surface area contributed by atoms with Crippen molar-refractivity contribution in [2.75, 3.05) is 40.8 Å². The predicted octanol–water partition coefficient (Wildman–Crippen LogP) is -0.0499. The lowest BCUT2D eigenvalue weighted by Crippen LogP contribution is -2.50. The van der Waals surface area contributed by atoms with E-state index in [1.807, 2.05) is 14.1 Å². The Hall–Kier alpha value is -0.170. The van der Waals surface area contributed by atoms with Gasteiger partial charge in [-0.25, -0.2) is 12.7 Å². The number of hydrogen-bond donors (Lipinski definition) is 1. The Balaban J connectivity index is 2.71. The molecule has 1 heterocycles. The molecule has 102 valence electrons. The fraction of sp³-hybridized carbons (Fsp3) is 1.00. The second-order valence-electron chi connectivity index (χ2n) is 5.03. The smallest absolute Gasteiger partial charge is 0.218 e. The van der Waals surface area contributed by atoms with Crippen molar-refractivity contribution in [2.45, 2.75) is 31.1 Å². The van der Waals surface area contributed by atoms with Gasteiger partial charge in [0.15, 0.2) is 0 Å². The summed E-state index contributed by atoms with van der Waals surface area (Å²) in [6.45, 7) is 3.57. The number of nitrogens with one attached hydrogen (secondary N) is 1. The second kappa shape index (κ2) is 6.13. The summed E-state index contributed by atoms with van der Waals surface area (Å²) < 4.78 is 26.3. The van der Waals surface area contributed by atoms with Crippen LogP contribution < -0.4 is 5.32 Å². The Morgan fingerprint density at radius 1 is 1.47 bits per heavy atom. The number of nitrogens with zero attached hydrogens (tertiary/aromatic N) is 2. The fourth-order valence-corrected chi connectivity index (χ4v) is 3.87. The van der Waals surface area contributed by atoms with Crippen molar-refractivity contribution in [1.82, 2.24) is 14.5 Å². The lowest BCUT2D eigenvalue weighted by molar-refractivity contribution is 0.189. The van der Waals surface area contributed by atoms with Gasteiger partial charge in [0, 0.05) is 25.7 Å². The molecule has 1 fully saturated rings. The molecule has 0 bridgehead atoms. The molecule has 0 aromatic carbocycles. The van der Waals surface area contributed by atoms with Gasteiger partial charge in [-0.05, 0) is 40.9 Å². The Kier molecular flexibility index (Phi) is 5.37. The lowest BCUT2D eigenvalue weighted by Gasteiger charge is -2.36. The summed E-state index contributed by atoms with van der Waals surface area (Å²) in [5.74, 6) is 0. The number of piperidine rings is 1. The SMILES string of the molecule is CNCC(C)S(=O)(=O)N1CCCC(N(C)C)C1. The van der Waals surface area contributed by atoms with Crippen LogP contribution in [0.4, 0.5) is 0 Å². The van der Waals surface area contributed by atoms with E-state index < -0.39 is 10.0 Å². The number of sulfonamides is 1. The summed E-state index contributed by atoms with van der Waals surface area (Å²) in [7, 11) is 2.66. The largest absolute Gasteiger partial charge is 0.318 e. The van der Waals surface area contributed by atoms with Crippen LogP contribution in [-0.4, -0.2) is 69.7 Å². The molecule has 0 aromatic heterocycles. The van der Waals surface area contributed by atoms with Crippen LogP contribution in [0.15, 0.2) is 0 Å². The van der Waals surface area contributed by atoms with Gasteiger partial charge in [0.1, 0.15) is 0 Å². The second-order valence-corrected chi connectivity index (χ2v) is 7.38. The van der Waals surface area contributed by atoms with Crippen LogP contribution in [0, 0.1) is 0 Å². The highest BCUT2D eigenvalue weighted by molar-refractivity contribution is 7.89. The first-order valence-corrected chi connectivity index (χ1v) is 7.70. The minimum atomic E-state index is -3.15. The highest BCUT2D eigenvalue weighted by Crippen LogP contribution is 2.19. The molecular formula is C11H25N3O2S. The van der Waals surface area contributed by atoms with Gasteiger partial charge < -0.3 is 10.2 Å². The average molecular weight is 263 g/mol. The molecule has 2 unspecified atom stereocenters. The van der Waals surface area contributed by atoms with E-state index >= 15 is 0 Å². The first-order chi connectivity index (χ1) is 7.89. The first kappa shape index (κ1) is 14.9. The van der Waals surface area contributed by atoms with Crippen LogP contribution in [0.1, 0.15) is 19.8 Å². The maximum atomic E-state index is 12.3. The first-order valence-electron chi connectivity index (χ1n) is 6.19. The number of likely N-dealkylation sites (N-methyl/N-ethyl adjacent to an activating group) is 1. The van der Waals surface area contributed by atoms with Crippen molar-refractivity contribution in [3.8, 4) is 0 Å². The van der Waals surface area contributed by atoms with Gasteiger partial charge in [-0.2, -0.15) is 0 Å². The molecule has 0 aromatic rings. The third kappa shape index (κ3) is 3.64. The van der Waals surface area contributed by atoms with Crippen molar-refractivity contribution in [1.29, 1.82) is 0 Å². The van der Waals surface area contributed by atoms with Crippen molar-refractivity contribution in [3.63, 3.8) is 0 Å². The van der Waals surface area contributed by atoms with Gasteiger partial charge in [0.2, 0.25) is 10.0 Å². The Labute approximate surface area is 105 Å². The third-order valence-corrected chi connectivity index (χ3v) is 5.68. The normalized spacial score (nSPS) is 25.1. The van der Waals surface area contributed by atoms with Crippen LogP contribution in [0.2, 0.25) is 0 Å². The van der Waals surface area contributed by atoms with Crippen LogP contribution in [0.3, 0.4) is 0 Å².